The Morgan fingerprint density at radius 3 is 2.75 bits per heavy atom. The van der Waals surface area contributed by atoms with Gasteiger partial charge in [0.05, 0.1) is 12.2 Å². The summed E-state index contributed by atoms with van der Waals surface area (Å²) in [5.74, 6) is 0.635. The van der Waals surface area contributed by atoms with Crippen molar-refractivity contribution in [3.8, 4) is 0 Å². The van der Waals surface area contributed by atoms with Crippen molar-refractivity contribution in [1.82, 2.24) is 9.88 Å². The highest BCUT2D eigenvalue weighted by Crippen LogP contribution is 2.21. The fourth-order valence-corrected chi connectivity index (χ4v) is 2.37. The molecule has 2 heterocycles. The smallest absolute Gasteiger partial charge is 0.254 e. The number of carbonyl (C=O) groups excluding carboxylic acids is 1. The molecule has 1 fully saturated rings. The van der Waals surface area contributed by atoms with Crippen LogP contribution in [0.1, 0.15) is 49.7 Å². The molecule has 5 nitrogen and oxygen atoms in total. The number of hydrogen-bond donors (Lipinski definition) is 1. The maximum absolute atomic E-state index is 12.6. The van der Waals surface area contributed by atoms with E-state index < -0.39 is 0 Å². The van der Waals surface area contributed by atoms with Crippen molar-refractivity contribution >= 4 is 11.7 Å². The molecule has 110 valence electrons. The van der Waals surface area contributed by atoms with Crippen LogP contribution < -0.4 is 5.73 Å². The molecular weight excluding hydrogens is 254 g/mol. The molecule has 2 N–H and O–H groups in total. The second kappa shape index (κ2) is 5.40. The summed E-state index contributed by atoms with van der Waals surface area (Å²) < 4.78 is 5.64. The van der Waals surface area contributed by atoms with E-state index in [0.717, 1.165) is 5.69 Å². The monoisotopic (exact) mass is 277 g/mol. The third-order valence-electron chi connectivity index (χ3n) is 3.42. The fourth-order valence-electron chi connectivity index (χ4n) is 2.37. The lowest BCUT2D eigenvalue weighted by molar-refractivity contribution is -0.0764. The quantitative estimate of drug-likeness (QED) is 0.898. The van der Waals surface area contributed by atoms with E-state index in [9.17, 15) is 4.79 Å². The Balaban J connectivity index is 2.24. The third kappa shape index (κ3) is 3.28. The van der Waals surface area contributed by atoms with Gasteiger partial charge in [-0.1, -0.05) is 13.8 Å². The van der Waals surface area contributed by atoms with Crippen molar-refractivity contribution in [2.75, 3.05) is 25.4 Å². The molecular formula is C15H23N3O2. The molecule has 20 heavy (non-hydrogen) atoms. The van der Waals surface area contributed by atoms with E-state index in [4.69, 9.17) is 10.5 Å². The molecule has 0 radical (unpaired) electrons. The lowest BCUT2D eigenvalue weighted by Crippen LogP contribution is -2.50. The number of nitrogens with two attached hydrogens (primary N) is 1. The zero-order chi connectivity index (χ0) is 14.9. The van der Waals surface area contributed by atoms with Crippen molar-refractivity contribution in [1.29, 1.82) is 0 Å². The van der Waals surface area contributed by atoms with Crippen molar-refractivity contribution in [2.24, 2.45) is 0 Å². The van der Waals surface area contributed by atoms with E-state index >= 15 is 0 Å². The number of nitrogens with zero attached hydrogens (tertiary/aromatic N) is 2. The van der Waals surface area contributed by atoms with Gasteiger partial charge in [-0.25, -0.2) is 4.98 Å². The zero-order valence-corrected chi connectivity index (χ0v) is 12.6. The fraction of sp³-hybridized carbons (Fsp3) is 0.600. The predicted molar refractivity (Wildman–Crippen MR) is 78.7 cm³/mol. The molecule has 2 rings (SSSR count). The Labute approximate surface area is 120 Å². The van der Waals surface area contributed by atoms with E-state index in [1.165, 1.54) is 0 Å². The van der Waals surface area contributed by atoms with Gasteiger partial charge in [0.1, 0.15) is 5.82 Å². The number of anilines is 1. The molecule has 0 bridgehead atoms. The van der Waals surface area contributed by atoms with Gasteiger partial charge in [0.25, 0.3) is 5.91 Å². The Morgan fingerprint density at radius 1 is 1.45 bits per heavy atom. The van der Waals surface area contributed by atoms with Crippen LogP contribution in [0.15, 0.2) is 12.1 Å². The SMILES string of the molecule is CC(C)c1cc(C(=O)N2CCOC(C)(C)C2)cc(N)n1. The number of ether oxygens (including phenoxy) is 1. The highest BCUT2D eigenvalue weighted by atomic mass is 16.5. The summed E-state index contributed by atoms with van der Waals surface area (Å²) in [6, 6.07) is 3.49. The van der Waals surface area contributed by atoms with Crippen LogP contribution in [0.4, 0.5) is 5.82 Å². The molecule has 1 aliphatic rings. The van der Waals surface area contributed by atoms with Crippen LogP contribution >= 0.6 is 0 Å². The number of carbonyl (C=O) groups is 1. The van der Waals surface area contributed by atoms with E-state index in [2.05, 4.69) is 4.98 Å². The summed E-state index contributed by atoms with van der Waals surface area (Å²) >= 11 is 0. The summed E-state index contributed by atoms with van der Waals surface area (Å²) in [6.07, 6.45) is 0. The molecule has 1 aromatic heterocycles. The molecule has 0 aromatic carbocycles. The lowest BCUT2D eigenvalue weighted by Gasteiger charge is -2.38. The molecule has 5 heteroatoms. The Kier molecular flexibility index (Phi) is 3.99. The van der Waals surface area contributed by atoms with Gasteiger partial charge >= 0.3 is 0 Å². The maximum atomic E-state index is 12.6. The van der Waals surface area contributed by atoms with Crippen LogP contribution in [0, 0.1) is 0 Å². The van der Waals surface area contributed by atoms with Gasteiger partial charge < -0.3 is 15.4 Å². The van der Waals surface area contributed by atoms with Gasteiger partial charge in [0.2, 0.25) is 0 Å². The first-order chi connectivity index (χ1) is 9.28. The van der Waals surface area contributed by atoms with Gasteiger partial charge in [-0.05, 0) is 31.9 Å². The van der Waals surface area contributed by atoms with Crippen LogP contribution in [-0.2, 0) is 4.74 Å². The van der Waals surface area contributed by atoms with Crippen molar-refractivity contribution < 1.29 is 9.53 Å². The Hall–Kier alpha value is -1.62. The molecule has 1 amide bonds. The normalized spacial score (nSPS) is 18.4. The van der Waals surface area contributed by atoms with Crippen LogP contribution in [0.5, 0.6) is 0 Å². The summed E-state index contributed by atoms with van der Waals surface area (Å²) in [5, 5.41) is 0. The van der Waals surface area contributed by atoms with Crippen molar-refractivity contribution in [3.05, 3.63) is 23.4 Å². The molecule has 0 unspecified atom stereocenters. The van der Waals surface area contributed by atoms with Crippen molar-refractivity contribution in [3.63, 3.8) is 0 Å². The highest BCUT2D eigenvalue weighted by Gasteiger charge is 2.30. The number of rotatable bonds is 2. The second-order valence-corrected chi connectivity index (χ2v) is 6.20. The average Bonchev–Trinajstić information content (AvgIpc) is 2.35. The first-order valence-electron chi connectivity index (χ1n) is 6.99. The van der Waals surface area contributed by atoms with Gasteiger partial charge in [0.15, 0.2) is 0 Å². The van der Waals surface area contributed by atoms with E-state index in [1.54, 1.807) is 6.07 Å². The third-order valence-corrected chi connectivity index (χ3v) is 3.42. The number of aromatic nitrogens is 1. The molecule has 0 spiro atoms. The second-order valence-electron chi connectivity index (χ2n) is 6.20. The minimum Gasteiger partial charge on any atom is -0.384 e. The Bertz CT molecular complexity index is 512. The first-order valence-corrected chi connectivity index (χ1v) is 6.99. The van der Waals surface area contributed by atoms with Crippen LogP contribution in [0.25, 0.3) is 0 Å². The minimum absolute atomic E-state index is 0.00243. The molecule has 1 saturated heterocycles. The van der Waals surface area contributed by atoms with Gasteiger partial charge in [0, 0.05) is 24.3 Å². The minimum atomic E-state index is -0.298. The number of morpholine rings is 1. The first kappa shape index (κ1) is 14.8. The van der Waals surface area contributed by atoms with Gasteiger partial charge in [-0.3, -0.25) is 4.79 Å². The van der Waals surface area contributed by atoms with E-state index in [-0.39, 0.29) is 17.4 Å². The highest BCUT2D eigenvalue weighted by molar-refractivity contribution is 5.95. The summed E-state index contributed by atoms with van der Waals surface area (Å²) in [5.41, 5.74) is 6.97. The summed E-state index contributed by atoms with van der Waals surface area (Å²) in [4.78, 5) is 18.7. The molecule has 1 aromatic rings. The standard InChI is InChI=1S/C15H23N3O2/c1-10(2)12-7-11(8-13(16)17-12)14(19)18-5-6-20-15(3,4)9-18/h7-8,10H,5-6,9H2,1-4H3,(H2,16,17). The van der Waals surface area contributed by atoms with E-state index in [0.29, 0.717) is 31.1 Å². The Morgan fingerprint density at radius 2 is 2.15 bits per heavy atom. The number of pyridine rings is 1. The van der Waals surface area contributed by atoms with Crippen LogP contribution in [-0.4, -0.2) is 41.1 Å². The topological polar surface area (TPSA) is 68.5 Å². The van der Waals surface area contributed by atoms with Crippen LogP contribution in [0.2, 0.25) is 0 Å². The number of nitrogen functional groups attached to an aromatic ring is 1. The molecule has 0 aliphatic carbocycles. The van der Waals surface area contributed by atoms with Gasteiger partial charge in [-0.2, -0.15) is 0 Å². The largest absolute Gasteiger partial charge is 0.384 e. The lowest BCUT2D eigenvalue weighted by atomic mass is 10.0. The number of amides is 1. The van der Waals surface area contributed by atoms with Crippen LogP contribution in [0.3, 0.4) is 0 Å². The summed E-state index contributed by atoms with van der Waals surface area (Å²) in [7, 11) is 0. The molecule has 0 atom stereocenters. The maximum Gasteiger partial charge on any atom is 0.254 e. The number of hydrogen-bond acceptors (Lipinski definition) is 4. The molecule has 0 saturated carbocycles. The van der Waals surface area contributed by atoms with Crippen molar-refractivity contribution in [2.45, 2.75) is 39.2 Å². The van der Waals surface area contributed by atoms with Gasteiger partial charge in [-0.15, -0.1) is 0 Å². The average molecular weight is 277 g/mol. The molecule has 1 aliphatic heterocycles. The summed E-state index contributed by atoms with van der Waals surface area (Å²) in [6.45, 7) is 9.82. The predicted octanol–water partition coefficient (Wildman–Crippen LogP) is 2.04. The van der Waals surface area contributed by atoms with E-state index in [1.807, 2.05) is 38.7 Å². The zero-order valence-electron chi connectivity index (χ0n) is 12.6.